The van der Waals surface area contributed by atoms with Gasteiger partial charge in [0.25, 0.3) is 0 Å². The van der Waals surface area contributed by atoms with Crippen LogP contribution in [-0.2, 0) is 0 Å². The second-order valence-electron chi connectivity index (χ2n) is 6.53. The molecular formula is C19H21FN4. The molecule has 0 spiro atoms. The minimum atomic E-state index is -0.163. The molecule has 1 fully saturated rings. The van der Waals surface area contributed by atoms with Crippen molar-refractivity contribution in [1.82, 2.24) is 19.5 Å². The van der Waals surface area contributed by atoms with Crippen molar-refractivity contribution in [1.29, 1.82) is 0 Å². The van der Waals surface area contributed by atoms with Crippen LogP contribution in [0.4, 0.5) is 4.39 Å². The van der Waals surface area contributed by atoms with Gasteiger partial charge in [-0.15, -0.1) is 10.2 Å². The first kappa shape index (κ1) is 15.3. The van der Waals surface area contributed by atoms with Crippen LogP contribution in [0.3, 0.4) is 0 Å². The molecule has 3 heterocycles. The smallest absolute Gasteiger partial charge is 0.160 e. The van der Waals surface area contributed by atoms with Gasteiger partial charge in [0.2, 0.25) is 0 Å². The summed E-state index contributed by atoms with van der Waals surface area (Å²) < 4.78 is 15.5. The lowest BCUT2D eigenvalue weighted by Gasteiger charge is -2.35. The third-order valence-electron chi connectivity index (χ3n) is 5.11. The van der Waals surface area contributed by atoms with Crippen molar-refractivity contribution < 1.29 is 4.39 Å². The molecule has 4 nitrogen and oxygen atoms in total. The van der Waals surface area contributed by atoms with Crippen molar-refractivity contribution in [3.63, 3.8) is 0 Å². The molecule has 0 unspecified atom stereocenters. The maximum absolute atomic E-state index is 13.5. The molecule has 0 aliphatic carbocycles. The molecule has 3 aromatic rings. The number of likely N-dealkylation sites (tertiary alicyclic amines) is 1. The molecule has 0 radical (unpaired) electrons. The van der Waals surface area contributed by atoms with E-state index in [2.05, 4.69) is 26.4 Å². The molecule has 5 heteroatoms. The molecule has 1 aromatic carbocycles. The van der Waals surface area contributed by atoms with E-state index in [1.54, 1.807) is 12.1 Å². The van der Waals surface area contributed by atoms with Crippen LogP contribution in [0.1, 0.15) is 43.1 Å². The highest BCUT2D eigenvalue weighted by atomic mass is 19.1. The Balaban J connectivity index is 1.47. The van der Waals surface area contributed by atoms with Crippen LogP contribution in [0.15, 0.2) is 48.7 Å². The van der Waals surface area contributed by atoms with Gasteiger partial charge in [-0.25, -0.2) is 4.39 Å². The molecule has 1 atom stereocenters. The highest BCUT2D eigenvalue weighted by Gasteiger charge is 2.27. The zero-order valence-electron chi connectivity index (χ0n) is 13.8. The Kier molecular flexibility index (Phi) is 4.02. The van der Waals surface area contributed by atoms with Crippen LogP contribution in [0.25, 0.3) is 5.65 Å². The van der Waals surface area contributed by atoms with E-state index in [1.165, 1.54) is 6.07 Å². The summed E-state index contributed by atoms with van der Waals surface area (Å²) in [6.07, 6.45) is 4.14. The summed E-state index contributed by atoms with van der Waals surface area (Å²) in [6.45, 7) is 4.13. The van der Waals surface area contributed by atoms with Crippen LogP contribution in [0.5, 0.6) is 0 Å². The Morgan fingerprint density at radius 1 is 1.08 bits per heavy atom. The molecule has 0 saturated carbocycles. The SMILES string of the molecule is C[C@@H](c1cccc(F)c1)N1CCC(c2nnc3ccccn23)CC1. The van der Waals surface area contributed by atoms with Crippen LogP contribution in [-0.4, -0.2) is 32.6 Å². The van der Waals surface area contributed by atoms with Crippen LogP contribution >= 0.6 is 0 Å². The first-order valence-corrected chi connectivity index (χ1v) is 8.51. The zero-order valence-corrected chi connectivity index (χ0v) is 13.8. The zero-order chi connectivity index (χ0) is 16.5. The van der Waals surface area contributed by atoms with E-state index in [1.807, 2.05) is 30.5 Å². The summed E-state index contributed by atoms with van der Waals surface area (Å²) in [7, 11) is 0. The molecule has 24 heavy (non-hydrogen) atoms. The molecule has 0 N–H and O–H groups in total. The Morgan fingerprint density at radius 3 is 2.71 bits per heavy atom. The van der Waals surface area contributed by atoms with E-state index in [0.717, 1.165) is 43.0 Å². The van der Waals surface area contributed by atoms with Gasteiger partial charge in [-0.3, -0.25) is 9.30 Å². The van der Waals surface area contributed by atoms with E-state index in [4.69, 9.17) is 0 Å². The van der Waals surface area contributed by atoms with Crippen molar-refractivity contribution in [3.8, 4) is 0 Å². The maximum atomic E-state index is 13.5. The highest BCUT2D eigenvalue weighted by molar-refractivity contribution is 5.37. The maximum Gasteiger partial charge on any atom is 0.160 e. The second kappa shape index (κ2) is 6.32. The van der Waals surface area contributed by atoms with E-state index in [0.29, 0.717) is 5.92 Å². The largest absolute Gasteiger partial charge is 0.297 e. The van der Waals surface area contributed by atoms with E-state index in [-0.39, 0.29) is 11.9 Å². The number of rotatable bonds is 3. The van der Waals surface area contributed by atoms with E-state index in [9.17, 15) is 4.39 Å². The third kappa shape index (κ3) is 2.80. The number of piperidine rings is 1. The molecule has 1 saturated heterocycles. The van der Waals surface area contributed by atoms with E-state index >= 15 is 0 Å². The number of pyridine rings is 1. The van der Waals surface area contributed by atoms with Gasteiger partial charge in [0.15, 0.2) is 5.65 Å². The van der Waals surface area contributed by atoms with Gasteiger partial charge in [0.1, 0.15) is 11.6 Å². The van der Waals surface area contributed by atoms with Crippen molar-refractivity contribution in [2.75, 3.05) is 13.1 Å². The van der Waals surface area contributed by atoms with E-state index < -0.39 is 0 Å². The van der Waals surface area contributed by atoms with Crippen LogP contribution in [0, 0.1) is 5.82 Å². The third-order valence-corrected chi connectivity index (χ3v) is 5.11. The van der Waals surface area contributed by atoms with Crippen LogP contribution in [0.2, 0.25) is 0 Å². The summed E-state index contributed by atoms with van der Waals surface area (Å²) >= 11 is 0. The fraction of sp³-hybridized carbons (Fsp3) is 0.368. The Morgan fingerprint density at radius 2 is 1.92 bits per heavy atom. The predicted octanol–water partition coefficient (Wildman–Crippen LogP) is 3.81. The second-order valence-corrected chi connectivity index (χ2v) is 6.53. The van der Waals surface area contributed by atoms with Gasteiger partial charge < -0.3 is 0 Å². The number of benzene rings is 1. The average molecular weight is 324 g/mol. The number of halogens is 1. The Bertz CT molecular complexity index is 836. The monoisotopic (exact) mass is 324 g/mol. The summed E-state index contributed by atoms with van der Waals surface area (Å²) in [5.41, 5.74) is 1.95. The first-order valence-electron chi connectivity index (χ1n) is 8.51. The van der Waals surface area contributed by atoms with Crippen LogP contribution < -0.4 is 0 Å². The number of hydrogen-bond acceptors (Lipinski definition) is 3. The van der Waals surface area contributed by atoms with Crippen molar-refractivity contribution in [2.24, 2.45) is 0 Å². The summed E-state index contributed by atoms with van der Waals surface area (Å²) in [5.74, 6) is 1.33. The quantitative estimate of drug-likeness (QED) is 0.734. The van der Waals surface area contributed by atoms with Crippen molar-refractivity contribution in [2.45, 2.75) is 31.7 Å². The normalized spacial score (nSPS) is 18.1. The first-order chi connectivity index (χ1) is 11.7. The Hall–Kier alpha value is -2.27. The lowest BCUT2D eigenvalue weighted by molar-refractivity contribution is 0.160. The number of fused-ring (bicyclic) bond motifs is 1. The van der Waals surface area contributed by atoms with Gasteiger partial charge in [0.05, 0.1) is 0 Å². The molecule has 1 aliphatic rings. The van der Waals surface area contributed by atoms with Crippen molar-refractivity contribution >= 4 is 5.65 Å². The lowest BCUT2D eigenvalue weighted by atomic mass is 9.94. The molecule has 4 rings (SSSR count). The number of aromatic nitrogens is 3. The molecule has 0 bridgehead atoms. The standard InChI is InChI=1S/C19H21FN4/c1-14(16-5-4-6-17(20)13-16)23-11-8-15(9-12-23)19-22-21-18-7-2-3-10-24(18)19/h2-7,10,13-15H,8-9,11-12H2,1H3/t14-/m0/s1. The number of nitrogens with zero attached hydrogens (tertiary/aromatic N) is 4. The van der Waals surface area contributed by atoms with Gasteiger partial charge in [-0.2, -0.15) is 0 Å². The highest BCUT2D eigenvalue weighted by Crippen LogP contribution is 2.31. The minimum absolute atomic E-state index is 0.163. The number of hydrogen-bond donors (Lipinski definition) is 0. The average Bonchev–Trinajstić information content (AvgIpc) is 3.05. The molecule has 2 aromatic heterocycles. The van der Waals surface area contributed by atoms with Gasteiger partial charge in [0, 0.05) is 18.2 Å². The lowest BCUT2D eigenvalue weighted by Crippen LogP contribution is -2.35. The fourth-order valence-electron chi connectivity index (χ4n) is 3.66. The topological polar surface area (TPSA) is 33.4 Å². The molecule has 1 aliphatic heterocycles. The van der Waals surface area contributed by atoms with Crippen molar-refractivity contribution in [3.05, 3.63) is 65.9 Å². The summed E-state index contributed by atoms with van der Waals surface area (Å²) in [6, 6.07) is 13.1. The van der Waals surface area contributed by atoms with Gasteiger partial charge in [-0.05, 0) is 62.7 Å². The van der Waals surface area contributed by atoms with Gasteiger partial charge in [-0.1, -0.05) is 18.2 Å². The van der Waals surface area contributed by atoms with Gasteiger partial charge >= 0.3 is 0 Å². The minimum Gasteiger partial charge on any atom is -0.297 e. The Labute approximate surface area is 140 Å². The fourth-order valence-corrected chi connectivity index (χ4v) is 3.66. The summed E-state index contributed by atoms with van der Waals surface area (Å²) in [5, 5.41) is 8.67. The molecular weight excluding hydrogens is 303 g/mol. The summed E-state index contributed by atoms with van der Waals surface area (Å²) in [4.78, 5) is 2.43. The molecule has 124 valence electrons. The molecule has 0 amide bonds. The predicted molar refractivity (Wildman–Crippen MR) is 91.4 cm³/mol.